The number of esters is 1. The Morgan fingerprint density at radius 1 is 1.06 bits per heavy atom. The second kappa shape index (κ2) is 9.84. The lowest BCUT2D eigenvalue weighted by molar-refractivity contribution is -0.146. The highest BCUT2D eigenvalue weighted by molar-refractivity contribution is 6.39. The number of hydrogen-bond donors (Lipinski definition) is 1. The van der Waals surface area contributed by atoms with Crippen molar-refractivity contribution in [1.29, 1.82) is 0 Å². The fourth-order valence-corrected chi connectivity index (χ4v) is 3.99. The molecule has 0 bridgehead atoms. The molecule has 2 aromatic rings. The fourth-order valence-electron chi connectivity index (χ4n) is 3.99. The number of hydrogen-bond acceptors (Lipinski definition) is 7. The molecule has 3 amide bonds. The van der Waals surface area contributed by atoms with Gasteiger partial charge in [0.25, 0.3) is 5.91 Å². The van der Waals surface area contributed by atoms with Crippen molar-refractivity contribution in [2.45, 2.75) is 24.7 Å². The van der Waals surface area contributed by atoms with Gasteiger partial charge >= 0.3 is 24.0 Å². The molecule has 0 radical (unpaired) electrons. The Labute approximate surface area is 203 Å². The lowest BCUT2D eigenvalue weighted by Gasteiger charge is -2.33. The standard InChI is InChI=1S/C23H21F3N4O6/c1-35-22(34)15-3-2-8-27-19(15)28-20(32)21(33)30-10-9-29(16-11-17(16)30)18(31)12-36-14-6-4-13(5-7-14)23(24,25)26/h2-8,16-17H,9-12H2,1H3,(H,27,28,32). The lowest BCUT2D eigenvalue weighted by Crippen LogP contribution is -2.53. The maximum Gasteiger partial charge on any atom is 0.416 e. The number of amides is 3. The molecule has 13 heteroatoms. The van der Waals surface area contributed by atoms with E-state index in [9.17, 15) is 32.3 Å². The molecule has 1 aliphatic carbocycles. The number of ether oxygens (including phenoxy) is 2. The number of nitrogens with one attached hydrogen (secondary N) is 1. The fraction of sp³-hybridized carbons (Fsp3) is 0.348. The van der Waals surface area contributed by atoms with E-state index in [1.807, 2.05) is 0 Å². The molecule has 4 rings (SSSR count). The van der Waals surface area contributed by atoms with Crippen LogP contribution < -0.4 is 10.1 Å². The number of fused-ring (bicyclic) bond motifs is 1. The van der Waals surface area contributed by atoms with Crippen molar-refractivity contribution in [3.8, 4) is 5.75 Å². The van der Waals surface area contributed by atoms with E-state index in [2.05, 4.69) is 15.0 Å². The van der Waals surface area contributed by atoms with Crippen LogP contribution >= 0.6 is 0 Å². The molecule has 1 aliphatic heterocycles. The van der Waals surface area contributed by atoms with Crippen LogP contribution in [0.2, 0.25) is 0 Å². The number of piperazine rings is 1. The lowest BCUT2D eigenvalue weighted by atomic mass is 10.2. The number of benzene rings is 1. The van der Waals surface area contributed by atoms with Crippen LogP contribution in [0.4, 0.5) is 19.0 Å². The number of alkyl halides is 3. The van der Waals surface area contributed by atoms with Crippen LogP contribution in [0.5, 0.6) is 5.75 Å². The zero-order valence-corrected chi connectivity index (χ0v) is 18.9. The molecule has 2 aliphatic rings. The number of nitrogens with zero attached hydrogens (tertiary/aromatic N) is 3. The Kier molecular flexibility index (Phi) is 6.82. The van der Waals surface area contributed by atoms with Crippen LogP contribution in [0.15, 0.2) is 42.6 Å². The molecule has 1 saturated carbocycles. The molecule has 10 nitrogen and oxygen atoms in total. The highest BCUT2D eigenvalue weighted by Gasteiger charge is 2.53. The van der Waals surface area contributed by atoms with Crippen molar-refractivity contribution in [2.24, 2.45) is 0 Å². The molecule has 2 atom stereocenters. The van der Waals surface area contributed by atoms with Crippen molar-refractivity contribution >= 4 is 29.5 Å². The third-order valence-electron chi connectivity index (χ3n) is 5.87. The molecule has 2 unspecified atom stereocenters. The number of pyridine rings is 1. The van der Waals surface area contributed by atoms with Crippen molar-refractivity contribution in [3.63, 3.8) is 0 Å². The highest BCUT2D eigenvalue weighted by Crippen LogP contribution is 2.37. The minimum Gasteiger partial charge on any atom is -0.484 e. The van der Waals surface area contributed by atoms with Crippen molar-refractivity contribution in [1.82, 2.24) is 14.8 Å². The van der Waals surface area contributed by atoms with Crippen molar-refractivity contribution in [3.05, 3.63) is 53.7 Å². The smallest absolute Gasteiger partial charge is 0.416 e. The molecule has 190 valence electrons. The molecule has 1 N–H and O–H groups in total. The molecular weight excluding hydrogens is 485 g/mol. The molecule has 1 aromatic heterocycles. The second-order valence-corrected chi connectivity index (χ2v) is 8.11. The molecular formula is C23H21F3N4O6. The van der Waals surface area contributed by atoms with Gasteiger partial charge in [0.2, 0.25) is 0 Å². The van der Waals surface area contributed by atoms with Gasteiger partial charge in [-0.1, -0.05) is 0 Å². The van der Waals surface area contributed by atoms with Gasteiger partial charge in [-0.3, -0.25) is 14.4 Å². The average Bonchev–Trinajstić information content (AvgIpc) is 3.67. The van der Waals surface area contributed by atoms with E-state index in [1.54, 1.807) is 0 Å². The first kappa shape index (κ1) is 24.9. The summed E-state index contributed by atoms with van der Waals surface area (Å²) in [6.45, 7) is -0.114. The van der Waals surface area contributed by atoms with Crippen LogP contribution in [0, 0.1) is 0 Å². The SMILES string of the molecule is COC(=O)c1cccnc1NC(=O)C(=O)N1CCN(C(=O)COc2ccc(C(F)(F)F)cc2)C2CC21. The number of methoxy groups -OCH3 is 1. The molecule has 2 fully saturated rings. The van der Waals surface area contributed by atoms with E-state index in [0.717, 1.165) is 24.3 Å². The van der Waals surface area contributed by atoms with E-state index in [4.69, 9.17) is 4.74 Å². The first-order valence-electron chi connectivity index (χ1n) is 10.8. The predicted octanol–water partition coefficient (Wildman–Crippen LogP) is 1.72. The van der Waals surface area contributed by atoms with Gasteiger partial charge in [-0.25, -0.2) is 9.78 Å². The van der Waals surface area contributed by atoms with E-state index >= 15 is 0 Å². The number of carbonyl (C=O) groups excluding carboxylic acids is 4. The summed E-state index contributed by atoms with van der Waals surface area (Å²) in [6.07, 6.45) is -2.65. The Morgan fingerprint density at radius 3 is 2.39 bits per heavy atom. The van der Waals surface area contributed by atoms with E-state index in [-0.39, 0.29) is 54.8 Å². The number of anilines is 1. The summed E-state index contributed by atoms with van der Waals surface area (Å²) < 4.78 is 47.9. The van der Waals surface area contributed by atoms with Crippen LogP contribution in [0.25, 0.3) is 0 Å². The quantitative estimate of drug-likeness (QED) is 0.485. The van der Waals surface area contributed by atoms with Crippen molar-refractivity contribution in [2.75, 3.05) is 32.1 Å². The molecule has 0 spiro atoms. The van der Waals surface area contributed by atoms with Gasteiger partial charge < -0.3 is 24.6 Å². The normalized spacial score (nSPS) is 18.7. The summed E-state index contributed by atoms with van der Waals surface area (Å²) in [5, 5.41) is 2.33. The molecule has 1 saturated heterocycles. The zero-order valence-electron chi connectivity index (χ0n) is 18.9. The first-order valence-corrected chi connectivity index (χ1v) is 10.8. The minimum atomic E-state index is -4.47. The van der Waals surface area contributed by atoms with E-state index < -0.39 is 29.5 Å². The number of carbonyl (C=O) groups is 4. The van der Waals surface area contributed by atoms with Gasteiger partial charge in [0, 0.05) is 19.3 Å². The average molecular weight is 506 g/mol. The zero-order chi connectivity index (χ0) is 26.0. The Balaban J connectivity index is 1.30. The largest absolute Gasteiger partial charge is 0.484 e. The van der Waals surface area contributed by atoms with Gasteiger partial charge in [-0.15, -0.1) is 0 Å². The van der Waals surface area contributed by atoms with Crippen LogP contribution in [-0.4, -0.2) is 77.4 Å². The molecule has 2 heterocycles. The number of halogens is 3. The van der Waals surface area contributed by atoms with Gasteiger partial charge in [0.15, 0.2) is 6.61 Å². The maximum absolute atomic E-state index is 12.7. The highest BCUT2D eigenvalue weighted by atomic mass is 19.4. The van der Waals surface area contributed by atoms with Gasteiger partial charge in [0.05, 0.1) is 24.8 Å². The topological polar surface area (TPSA) is 118 Å². The predicted molar refractivity (Wildman–Crippen MR) is 117 cm³/mol. The minimum absolute atomic E-state index is 0.00564. The summed E-state index contributed by atoms with van der Waals surface area (Å²) in [6, 6.07) is 6.24. The van der Waals surface area contributed by atoms with Crippen LogP contribution in [-0.2, 0) is 25.3 Å². The van der Waals surface area contributed by atoms with Crippen LogP contribution in [0.3, 0.4) is 0 Å². The second-order valence-electron chi connectivity index (χ2n) is 8.11. The van der Waals surface area contributed by atoms with E-state index in [0.29, 0.717) is 6.42 Å². The summed E-state index contributed by atoms with van der Waals surface area (Å²) in [4.78, 5) is 56.5. The van der Waals surface area contributed by atoms with Gasteiger partial charge in [-0.2, -0.15) is 13.2 Å². The van der Waals surface area contributed by atoms with Gasteiger partial charge in [0.1, 0.15) is 17.1 Å². The maximum atomic E-state index is 12.7. The Hall–Kier alpha value is -4.16. The number of aromatic nitrogens is 1. The summed E-state index contributed by atoms with van der Waals surface area (Å²) >= 11 is 0. The Morgan fingerprint density at radius 2 is 1.72 bits per heavy atom. The first-order chi connectivity index (χ1) is 17.1. The van der Waals surface area contributed by atoms with Gasteiger partial charge in [-0.05, 0) is 42.8 Å². The third-order valence-corrected chi connectivity index (χ3v) is 5.87. The van der Waals surface area contributed by atoms with Crippen LogP contribution in [0.1, 0.15) is 22.3 Å². The van der Waals surface area contributed by atoms with E-state index in [1.165, 1.54) is 35.2 Å². The summed E-state index contributed by atoms with van der Waals surface area (Å²) in [5.74, 6) is -2.89. The Bertz CT molecular complexity index is 1190. The molecule has 1 aromatic carbocycles. The monoisotopic (exact) mass is 506 g/mol. The van der Waals surface area contributed by atoms with Crippen molar-refractivity contribution < 1.29 is 41.8 Å². The third kappa shape index (κ3) is 5.24. The molecule has 36 heavy (non-hydrogen) atoms. The number of rotatable bonds is 5. The summed E-state index contributed by atoms with van der Waals surface area (Å²) in [7, 11) is 1.18. The summed E-state index contributed by atoms with van der Waals surface area (Å²) in [5.41, 5.74) is -0.828.